The fourth-order valence-electron chi connectivity index (χ4n) is 1.89. The number of benzene rings is 2. The summed E-state index contributed by atoms with van der Waals surface area (Å²) in [5, 5.41) is 0. The fourth-order valence-corrected chi connectivity index (χ4v) is 1.89. The lowest BCUT2D eigenvalue weighted by Gasteiger charge is -2.15. The zero-order chi connectivity index (χ0) is 13.3. The molecular formula is C15H15F2N. The summed E-state index contributed by atoms with van der Waals surface area (Å²) in [6, 6.07) is 9.15. The van der Waals surface area contributed by atoms with Crippen LogP contribution in [0, 0.1) is 25.5 Å². The van der Waals surface area contributed by atoms with E-state index in [0.717, 1.165) is 0 Å². The Morgan fingerprint density at radius 2 is 1.72 bits per heavy atom. The second kappa shape index (κ2) is 4.86. The van der Waals surface area contributed by atoms with Crippen molar-refractivity contribution in [3.05, 3.63) is 70.3 Å². The van der Waals surface area contributed by atoms with Crippen LogP contribution >= 0.6 is 0 Å². The Kier molecular flexibility index (Phi) is 3.43. The molecule has 0 fully saturated rings. The predicted octanol–water partition coefficient (Wildman–Crippen LogP) is 3.63. The average Bonchev–Trinajstić information content (AvgIpc) is 2.35. The van der Waals surface area contributed by atoms with E-state index < -0.39 is 6.04 Å². The van der Waals surface area contributed by atoms with Crippen LogP contribution in [0.3, 0.4) is 0 Å². The maximum atomic E-state index is 13.9. The van der Waals surface area contributed by atoms with Crippen molar-refractivity contribution in [3.8, 4) is 0 Å². The molecule has 0 aliphatic rings. The third-order valence-electron chi connectivity index (χ3n) is 3.11. The molecule has 1 nitrogen and oxygen atoms in total. The standard InChI is InChI=1S/C15H15F2N/c1-9-6-7-11(8-13(9)16)15(18)12-5-3-4-10(2)14(12)17/h3-8,15H,18H2,1-2H3. The molecule has 0 amide bonds. The van der Waals surface area contributed by atoms with Gasteiger partial charge in [0.2, 0.25) is 0 Å². The molecule has 94 valence electrons. The Bertz CT molecular complexity index is 579. The van der Waals surface area contributed by atoms with Gasteiger partial charge in [0.1, 0.15) is 11.6 Å². The first kappa shape index (κ1) is 12.7. The minimum Gasteiger partial charge on any atom is -0.320 e. The number of aryl methyl sites for hydroxylation is 2. The lowest BCUT2D eigenvalue weighted by Crippen LogP contribution is -2.14. The van der Waals surface area contributed by atoms with E-state index in [2.05, 4.69) is 0 Å². The summed E-state index contributed by atoms with van der Waals surface area (Å²) in [6.45, 7) is 3.36. The lowest BCUT2D eigenvalue weighted by atomic mass is 9.96. The predicted molar refractivity (Wildman–Crippen MR) is 68.3 cm³/mol. The monoisotopic (exact) mass is 247 g/mol. The van der Waals surface area contributed by atoms with Crippen molar-refractivity contribution in [2.24, 2.45) is 5.73 Å². The molecule has 0 aliphatic carbocycles. The first-order valence-corrected chi connectivity index (χ1v) is 5.77. The van der Waals surface area contributed by atoms with Gasteiger partial charge < -0.3 is 5.73 Å². The van der Waals surface area contributed by atoms with Crippen LogP contribution in [0.1, 0.15) is 28.3 Å². The maximum Gasteiger partial charge on any atom is 0.131 e. The molecule has 0 aliphatic heterocycles. The summed E-state index contributed by atoms with van der Waals surface area (Å²) in [6.07, 6.45) is 0. The number of nitrogens with two attached hydrogens (primary N) is 1. The van der Waals surface area contributed by atoms with Gasteiger partial charge in [-0.1, -0.05) is 30.3 Å². The zero-order valence-electron chi connectivity index (χ0n) is 10.4. The minimum atomic E-state index is -0.653. The molecule has 2 N–H and O–H groups in total. The van der Waals surface area contributed by atoms with Crippen LogP contribution in [0.4, 0.5) is 8.78 Å². The van der Waals surface area contributed by atoms with Crippen molar-refractivity contribution in [2.75, 3.05) is 0 Å². The van der Waals surface area contributed by atoms with Crippen molar-refractivity contribution in [1.82, 2.24) is 0 Å². The highest BCUT2D eigenvalue weighted by Crippen LogP contribution is 2.25. The van der Waals surface area contributed by atoms with Gasteiger partial charge in [-0.3, -0.25) is 0 Å². The van der Waals surface area contributed by atoms with E-state index in [-0.39, 0.29) is 11.6 Å². The van der Waals surface area contributed by atoms with Gasteiger partial charge in [-0.25, -0.2) is 8.78 Å². The smallest absolute Gasteiger partial charge is 0.131 e. The summed E-state index contributed by atoms with van der Waals surface area (Å²) in [4.78, 5) is 0. The van der Waals surface area contributed by atoms with E-state index >= 15 is 0 Å². The van der Waals surface area contributed by atoms with Gasteiger partial charge in [0.15, 0.2) is 0 Å². The third-order valence-corrected chi connectivity index (χ3v) is 3.11. The van der Waals surface area contributed by atoms with Gasteiger partial charge in [-0.05, 0) is 36.6 Å². The molecule has 2 aromatic rings. The second-order valence-corrected chi connectivity index (χ2v) is 4.46. The number of halogens is 2. The maximum absolute atomic E-state index is 13.9. The Morgan fingerprint density at radius 1 is 1.00 bits per heavy atom. The zero-order valence-corrected chi connectivity index (χ0v) is 10.4. The first-order valence-electron chi connectivity index (χ1n) is 5.77. The highest BCUT2D eigenvalue weighted by molar-refractivity contribution is 5.36. The van der Waals surface area contributed by atoms with E-state index in [0.29, 0.717) is 22.3 Å². The number of rotatable bonds is 2. The topological polar surface area (TPSA) is 26.0 Å². The van der Waals surface area contributed by atoms with Gasteiger partial charge in [0.25, 0.3) is 0 Å². The highest BCUT2D eigenvalue weighted by atomic mass is 19.1. The first-order chi connectivity index (χ1) is 8.50. The van der Waals surface area contributed by atoms with E-state index in [4.69, 9.17) is 5.73 Å². The summed E-state index contributed by atoms with van der Waals surface area (Å²) in [5.41, 5.74) is 8.05. The Balaban J connectivity index is 2.44. The van der Waals surface area contributed by atoms with Gasteiger partial charge in [-0.2, -0.15) is 0 Å². The van der Waals surface area contributed by atoms with Crippen LogP contribution in [0.15, 0.2) is 36.4 Å². The lowest BCUT2D eigenvalue weighted by molar-refractivity contribution is 0.587. The van der Waals surface area contributed by atoms with Gasteiger partial charge in [-0.15, -0.1) is 0 Å². The molecule has 2 rings (SSSR count). The number of hydrogen-bond acceptors (Lipinski definition) is 1. The quantitative estimate of drug-likeness (QED) is 0.861. The summed E-state index contributed by atoms with van der Waals surface area (Å²) >= 11 is 0. The van der Waals surface area contributed by atoms with E-state index in [9.17, 15) is 8.78 Å². The average molecular weight is 247 g/mol. The molecular weight excluding hydrogens is 232 g/mol. The highest BCUT2D eigenvalue weighted by Gasteiger charge is 2.15. The normalized spacial score (nSPS) is 12.5. The van der Waals surface area contributed by atoms with Gasteiger partial charge >= 0.3 is 0 Å². The summed E-state index contributed by atoms with van der Waals surface area (Å²) in [7, 11) is 0. The summed E-state index contributed by atoms with van der Waals surface area (Å²) < 4.78 is 27.4. The molecule has 0 bridgehead atoms. The van der Waals surface area contributed by atoms with Gasteiger partial charge in [0, 0.05) is 5.56 Å². The van der Waals surface area contributed by atoms with Crippen molar-refractivity contribution >= 4 is 0 Å². The minimum absolute atomic E-state index is 0.323. The Hall–Kier alpha value is -1.74. The molecule has 0 saturated carbocycles. The molecule has 1 unspecified atom stereocenters. The largest absolute Gasteiger partial charge is 0.320 e. The van der Waals surface area contributed by atoms with E-state index in [1.54, 1.807) is 44.2 Å². The van der Waals surface area contributed by atoms with E-state index in [1.807, 2.05) is 0 Å². The molecule has 2 aromatic carbocycles. The summed E-state index contributed by atoms with van der Waals surface area (Å²) in [5.74, 6) is -0.651. The van der Waals surface area contributed by atoms with Gasteiger partial charge in [0.05, 0.1) is 6.04 Å². The van der Waals surface area contributed by atoms with Crippen molar-refractivity contribution < 1.29 is 8.78 Å². The van der Waals surface area contributed by atoms with Crippen molar-refractivity contribution in [1.29, 1.82) is 0 Å². The Morgan fingerprint density at radius 3 is 2.39 bits per heavy atom. The van der Waals surface area contributed by atoms with Crippen LogP contribution in [0.2, 0.25) is 0 Å². The molecule has 3 heteroatoms. The molecule has 0 aromatic heterocycles. The third kappa shape index (κ3) is 2.27. The molecule has 0 spiro atoms. The molecule has 18 heavy (non-hydrogen) atoms. The Labute approximate surface area is 105 Å². The van der Waals surface area contributed by atoms with Crippen LogP contribution in [0.5, 0.6) is 0 Å². The van der Waals surface area contributed by atoms with Crippen LogP contribution in [-0.4, -0.2) is 0 Å². The van der Waals surface area contributed by atoms with E-state index in [1.165, 1.54) is 6.07 Å². The molecule has 0 saturated heterocycles. The fraction of sp³-hybridized carbons (Fsp3) is 0.200. The molecule has 1 atom stereocenters. The number of hydrogen-bond donors (Lipinski definition) is 1. The van der Waals surface area contributed by atoms with Crippen LogP contribution in [0.25, 0.3) is 0 Å². The molecule has 0 radical (unpaired) electrons. The van der Waals surface area contributed by atoms with Crippen LogP contribution in [-0.2, 0) is 0 Å². The SMILES string of the molecule is Cc1ccc(C(N)c2cccc(C)c2F)cc1F. The van der Waals surface area contributed by atoms with Crippen molar-refractivity contribution in [2.45, 2.75) is 19.9 Å². The van der Waals surface area contributed by atoms with Crippen molar-refractivity contribution in [3.63, 3.8) is 0 Å². The second-order valence-electron chi connectivity index (χ2n) is 4.46. The molecule has 0 heterocycles. The van der Waals surface area contributed by atoms with Crippen LogP contribution < -0.4 is 5.73 Å².